The molecule has 1 saturated heterocycles. The fraction of sp³-hybridized carbons (Fsp3) is 0.875. The lowest BCUT2D eigenvalue weighted by Crippen LogP contribution is -2.45. The van der Waals surface area contributed by atoms with Crippen LogP contribution >= 0.6 is 0 Å². The number of ether oxygens (including phenoxy) is 1. The van der Waals surface area contributed by atoms with Gasteiger partial charge < -0.3 is 20.5 Å². The van der Waals surface area contributed by atoms with Gasteiger partial charge in [-0.15, -0.1) is 0 Å². The Bertz CT molecular complexity index is 186. The number of carbonyl (C=O) groups excluding carboxylic acids is 1. The Hall–Kier alpha value is -0.810. The molecule has 1 aliphatic rings. The van der Waals surface area contributed by atoms with Crippen molar-refractivity contribution in [3.05, 3.63) is 0 Å². The number of methoxy groups -OCH3 is 1. The second-order valence-electron chi connectivity index (χ2n) is 3.18. The largest absolute Gasteiger partial charge is 0.453 e. The van der Waals surface area contributed by atoms with E-state index in [4.69, 9.17) is 5.73 Å². The van der Waals surface area contributed by atoms with Crippen LogP contribution in [0.3, 0.4) is 0 Å². The van der Waals surface area contributed by atoms with Crippen molar-refractivity contribution in [1.29, 1.82) is 0 Å². The van der Waals surface area contributed by atoms with Crippen LogP contribution in [-0.4, -0.2) is 48.4 Å². The predicted octanol–water partition coefficient (Wildman–Crippen LogP) is -0.463. The second kappa shape index (κ2) is 4.43. The summed E-state index contributed by atoms with van der Waals surface area (Å²) in [5.74, 6) is 0. The van der Waals surface area contributed by atoms with Gasteiger partial charge in [0.15, 0.2) is 0 Å². The van der Waals surface area contributed by atoms with Crippen molar-refractivity contribution in [3.63, 3.8) is 0 Å². The molecule has 0 aliphatic carbocycles. The number of aliphatic hydroxyl groups is 1. The monoisotopic (exact) mass is 188 g/mol. The third-order valence-corrected chi connectivity index (χ3v) is 2.39. The summed E-state index contributed by atoms with van der Waals surface area (Å²) in [5, 5.41) is 9.50. The quantitative estimate of drug-likeness (QED) is 0.614. The van der Waals surface area contributed by atoms with E-state index in [1.807, 2.05) is 0 Å². The Morgan fingerprint density at radius 3 is 3.08 bits per heavy atom. The zero-order valence-corrected chi connectivity index (χ0v) is 7.77. The van der Waals surface area contributed by atoms with Gasteiger partial charge in [0.1, 0.15) is 0 Å². The zero-order valence-electron chi connectivity index (χ0n) is 7.77. The Labute approximate surface area is 77.5 Å². The molecule has 76 valence electrons. The van der Waals surface area contributed by atoms with Crippen LogP contribution in [0.2, 0.25) is 0 Å². The van der Waals surface area contributed by atoms with Gasteiger partial charge in [0.2, 0.25) is 0 Å². The maximum absolute atomic E-state index is 11.2. The molecule has 0 aromatic rings. The molecule has 0 aromatic carbocycles. The minimum Gasteiger partial charge on any atom is -0.453 e. The molecule has 0 bridgehead atoms. The lowest BCUT2D eigenvalue weighted by Gasteiger charge is -2.26. The summed E-state index contributed by atoms with van der Waals surface area (Å²) >= 11 is 0. The van der Waals surface area contributed by atoms with Crippen molar-refractivity contribution in [3.8, 4) is 0 Å². The van der Waals surface area contributed by atoms with Crippen molar-refractivity contribution in [2.75, 3.05) is 20.2 Å². The van der Waals surface area contributed by atoms with Gasteiger partial charge in [-0.25, -0.2) is 4.79 Å². The fourth-order valence-electron chi connectivity index (χ4n) is 1.69. The van der Waals surface area contributed by atoms with Crippen molar-refractivity contribution in [2.45, 2.75) is 25.0 Å². The maximum Gasteiger partial charge on any atom is 0.409 e. The van der Waals surface area contributed by atoms with Gasteiger partial charge in [-0.05, 0) is 12.8 Å². The Morgan fingerprint density at radius 2 is 2.54 bits per heavy atom. The van der Waals surface area contributed by atoms with Crippen molar-refractivity contribution >= 4 is 6.09 Å². The average Bonchev–Trinajstić information content (AvgIpc) is 2.63. The van der Waals surface area contributed by atoms with Gasteiger partial charge >= 0.3 is 6.09 Å². The van der Waals surface area contributed by atoms with Crippen molar-refractivity contribution in [2.24, 2.45) is 5.73 Å². The highest BCUT2D eigenvalue weighted by Gasteiger charge is 2.33. The summed E-state index contributed by atoms with van der Waals surface area (Å²) in [6, 6.07) is -0.169. The molecule has 2 atom stereocenters. The maximum atomic E-state index is 11.2. The SMILES string of the molecule is COC(=O)N1CCCC1C(O)CN. The number of nitrogens with two attached hydrogens (primary N) is 1. The van der Waals surface area contributed by atoms with E-state index >= 15 is 0 Å². The molecule has 2 unspecified atom stereocenters. The number of nitrogens with zero attached hydrogens (tertiary/aromatic N) is 1. The van der Waals surface area contributed by atoms with Gasteiger partial charge in [-0.2, -0.15) is 0 Å². The first-order valence-electron chi connectivity index (χ1n) is 4.43. The zero-order chi connectivity index (χ0) is 9.84. The number of likely N-dealkylation sites (tertiary alicyclic amines) is 1. The molecule has 0 saturated carbocycles. The Balaban J connectivity index is 2.58. The van der Waals surface area contributed by atoms with E-state index in [0.717, 1.165) is 12.8 Å². The molecular weight excluding hydrogens is 172 g/mol. The predicted molar refractivity (Wildman–Crippen MR) is 47.2 cm³/mol. The average molecular weight is 188 g/mol. The summed E-state index contributed by atoms with van der Waals surface area (Å²) in [6.45, 7) is 0.826. The molecule has 0 spiro atoms. The lowest BCUT2D eigenvalue weighted by atomic mass is 10.1. The molecule has 13 heavy (non-hydrogen) atoms. The number of aliphatic hydroxyl groups excluding tert-OH is 1. The first kappa shape index (κ1) is 10.3. The van der Waals surface area contributed by atoms with Crippen LogP contribution in [0.15, 0.2) is 0 Å². The third kappa shape index (κ3) is 2.10. The summed E-state index contributed by atoms with van der Waals surface area (Å²) < 4.78 is 4.59. The normalized spacial score (nSPS) is 24.5. The molecule has 5 nitrogen and oxygen atoms in total. The van der Waals surface area contributed by atoms with Crippen LogP contribution in [0.5, 0.6) is 0 Å². The van der Waals surface area contributed by atoms with Gasteiger partial charge in [0.05, 0.1) is 19.3 Å². The molecule has 0 radical (unpaired) electrons. The molecule has 1 amide bonds. The number of rotatable bonds is 2. The minimum absolute atomic E-state index is 0.169. The van der Waals surface area contributed by atoms with E-state index in [-0.39, 0.29) is 18.7 Å². The van der Waals surface area contributed by atoms with Gasteiger partial charge in [-0.3, -0.25) is 0 Å². The molecular formula is C8H16N2O3. The van der Waals surface area contributed by atoms with Crippen LogP contribution in [0.4, 0.5) is 4.79 Å². The van der Waals surface area contributed by atoms with E-state index < -0.39 is 6.10 Å². The van der Waals surface area contributed by atoms with E-state index in [9.17, 15) is 9.90 Å². The second-order valence-corrected chi connectivity index (χ2v) is 3.18. The van der Waals surface area contributed by atoms with Crippen LogP contribution in [-0.2, 0) is 4.74 Å². The summed E-state index contributed by atoms with van der Waals surface area (Å²) in [7, 11) is 1.34. The molecule has 1 heterocycles. The van der Waals surface area contributed by atoms with Crippen molar-refractivity contribution < 1.29 is 14.6 Å². The topological polar surface area (TPSA) is 75.8 Å². The highest BCUT2D eigenvalue weighted by molar-refractivity contribution is 5.68. The highest BCUT2D eigenvalue weighted by atomic mass is 16.5. The van der Waals surface area contributed by atoms with E-state index in [1.54, 1.807) is 0 Å². The van der Waals surface area contributed by atoms with Crippen molar-refractivity contribution in [1.82, 2.24) is 4.90 Å². The molecule has 1 aliphatic heterocycles. The standard InChI is InChI=1S/C8H16N2O3/c1-13-8(12)10-4-2-3-6(10)7(11)5-9/h6-7,11H,2-5,9H2,1H3. The minimum atomic E-state index is -0.637. The highest BCUT2D eigenvalue weighted by Crippen LogP contribution is 2.20. The third-order valence-electron chi connectivity index (χ3n) is 2.39. The molecule has 0 aromatic heterocycles. The first-order valence-corrected chi connectivity index (χ1v) is 4.43. The molecule has 5 heteroatoms. The van der Waals surface area contributed by atoms with Crippen LogP contribution < -0.4 is 5.73 Å². The van der Waals surface area contributed by atoms with Crippen LogP contribution in [0.1, 0.15) is 12.8 Å². The molecule has 1 fully saturated rings. The lowest BCUT2D eigenvalue weighted by molar-refractivity contribution is 0.0643. The van der Waals surface area contributed by atoms with Gasteiger partial charge in [0, 0.05) is 13.1 Å². The Kier molecular flexibility index (Phi) is 3.50. The summed E-state index contributed by atoms with van der Waals surface area (Å²) in [4.78, 5) is 12.7. The van der Waals surface area contributed by atoms with Gasteiger partial charge in [0.25, 0.3) is 0 Å². The summed E-state index contributed by atoms with van der Waals surface area (Å²) in [5.41, 5.74) is 5.33. The fourth-order valence-corrected chi connectivity index (χ4v) is 1.69. The first-order chi connectivity index (χ1) is 6.20. The van der Waals surface area contributed by atoms with Gasteiger partial charge in [-0.1, -0.05) is 0 Å². The molecule has 3 N–H and O–H groups in total. The number of hydrogen-bond donors (Lipinski definition) is 2. The molecule has 1 rings (SSSR count). The number of carbonyl (C=O) groups is 1. The number of hydrogen-bond acceptors (Lipinski definition) is 4. The Morgan fingerprint density at radius 1 is 1.85 bits per heavy atom. The van der Waals surface area contributed by atoms with Crippen LogP contribution in [0, 0.1) is 0 Å². The van der Waals surface area contributed by atoms with E-state index in [2.05, 4.69) is 4.74 Å². The summed E-state index contributed by atoms with van der Waals surface area (Å²) in [6.07, 6.45) is 0.682. The van der Waals surface area contributed by atoms with E-state index in [1.165, 1.54) is 12.0 Å². The smallest absolute Gasteiger partial charge is 0.409 e. The number of amides is 1. The van der Waals surface area contributed by atoms with Crippen LogP contribution in [0.25, 0.3) is 0 Å². The van der Waals surface area contributed by atoms with E-state index in [0.29, 0.717) is 6.54 Å².